The molecule has 5 rings (SSSR count). The van der Waals surface area contributed by atoms with Crippen molar-refractivity contribution < 1.29 is 4.52 Å². The third kappa shape index (κ3) is 4.69. The molecule has 0 amide bonds. The number of aromatic nitrogens is 4. The number of amidine groups is 1. The Kier molecular flexibility index (Phi) is 6.11. The highest BCUT2D eigenvalue weighted by molar-refractivity contribution is 5.83. The van der Waals surface area contributed by atoms with Crippen LogP contribution in [0.1, 0.15) is 5.56 Å². The summed E-state index contributed by atoms with van der Waals surface area (Å²) in [5.74, 6) is 1.53. The largest absolute Gasteiger partial charge is 0.382 e. The molecule has 10 heteroatoms. The molecule has 4 heterocycles. The van der Waals surface area contributed by atoms with Crippen LogP contribution in [0, 0.1) is 0 Å². The first-order valence-corrected chi connectivity index (χ1v) is 11.3. The van der Waals surface area contributed by atoms with Crippen LogP contribution in [0.25, 0.3) is 34.0 Å². The van der Waals surface area contributed by atoms with Gasteiger partial charge in [0.25, 0.3) is 5.56 Å². The monoisotopic (exact) mass is 470 g/mol. The van der Waals surface area contributed by atoms with Gasteiger partial charge in [0.15, 0.2) is 17.3 Å². The highest BCUT2D eigenvalue weighted by Crippen LogP contribution is 2.29. The van der Waals surface area contributed by atoms with E-state index in [2.05, 4.69) is 25.3 Å². The molecule has 0 aliphatic carbocycles. The van der Waals surface area contributed by atoms with Gasteiger partial charge in [0.2, 0.25) is 0 Å². The van der Waals surface area contributed by atoms with Crippen LogP contribution in [-0.2, 0) is 13.1 Å². The molecule has 0 radical (unpaired) electrons. The van der Waals surface area contributed by atoms with E-state index in [0.29, 0.717) is 29.4 Å². The summed E-state index contributed by atoms with van der Waals surface area (Å²) < 4.78 is 7.20. The number of nitrogens with two attached hydrogens (primary N) is 1. The maximum Gasteiger partial charge on any atom is 0.250 e. The molecule has 35 heavy (non-hydrogen) atoms. The summed E-state index contributed by atoms with van der Waals surface area (Å²) >= 11 is 0. The minimum Gasteiger partial charge on any atom is -0.382 e. The first-order chi connectivity index (χ1) is 17.0. The number of pyridine rings is 1. The normalized spacial score (nSPS) is 13.3. The second kappa shape index (κ2) is 9.51. The average molecular weight is 471 g/mol. The summed E-state index contributed by atoms with van der Waals surface area (Å²) in [6.45, 7) is 2.79. The first kappa shape index (κ1) is 22.5. The lowest BCUT2D eigenvalue weighted by atomic mass is 10.1. The van der Waals surface area contributed by atoms with Crippen molar-refractivity contribution in [2.24, 2.45) is 4.99 Å². The van der Waals surface area contributed by atoms with E-state index in [0.717, 1.165) is 36.6 Å². The van der Waals surface area contributed by atoms with Gasteiger partial charge >= 0.3 is 0 Å². The maximum atomic E-state index is 12.4. The summed E-state index contributed by atoms with van der Waals surface area (Å²) in [4.78, 5) is 28.0. The van der Waals surface area contributed by atoms with Crippen LogP contribution >= 0.6 is 0 Å². The molecule has 178 valence electrons. The molecular formula is C25H26N8O2. The molecule has 3 N–H and O–H groups in total. The van der Waals surface area contributed by atoms with Crippen molar-refractivity contribution in [2.45, 2.75) is 13.1 Å². The highest BCUT2D eigenvalue weighted by atomic mass is 16.5. The van der Waals surface area contributed by atoms with Gasteiger partial charge in [-0.05, 0) is 18.7 Å². The fraction of sp³-hybridized carbons (Fsp3) is 0.240. The topological polar surface area (TPSA) is 127 Å². The summed E-state index contributed by atoms with van der Waals surface area (Å²) in [6, 6.07) is 13.1. The quantitative estimate of drug-likeness (QED) is 0.421. The van der Waals surface area contributed by atoms with E-state index in [1.807, 2.05) is 38.4 Å². The van der Waals surface area contributed by atoms with Gasteiger partial charge in [0, 0.05) is 49.6 Å². The van der Waals surface area contributed by atoms with Crippen LogP contribution in [-0.4, -0.2) is 57.6 Å². The minimum atomic E-state index is -0.110. The zero-order valence-electron chi connectivity index (χ0n) is 19.6. The SMILES string of the molecule is CNCc1ccc(-c2cc(-c3nc(-c4ccc(=O)n(CC5=NCCN5C)c4)cnc3N)on2)cc1. The lowest BCUT2D eigenvalue weighted by Gasteiger charge is -2.15. The Morgan fingerprint density at radius 2 is 1.91 bits per heavy atom. The molecule has 0 bridgehead atoms. The number of nitrogen functional groups attached to an aromatic ring is 1. The van der Waals surface area contributed by atoms with Crippen LogP contribution in [0.5, 0.6) is 0 Å². The summed E-state index contributed by atoms with van der Waals surface area (Å²) in [5.41, 5.74) is 10.5. The Hall–Kier alpha value is -4.31. The van der Waals surface area contributed by atoms with Crippen molar-refractivity contribution in [1.82, 2.24) is 29.9 Å². The highest BCUT2D eigenvalue weighted by Gasteiger charge is 2.17. The predicted octanol–water partition coefficient (Wildman–Crippen LogP) is 2.27. The van der Waals surface area contributed by atoms with Crippen LogP contribution < -0.4 is 16.6 Å². The van der Waals surface area contributed by atoms with Crippen LogP contribution in [0.2, 0.25) is 0 Å². The van der Waals surface area contributed by atoms with Crippen molar-refractivity contribution in [2.75, 3.05) is 32.9 Å². The number of rotatable bonds is 7. The zero-order valence-corrected chi connectivity index (χ0v) is 19.6. The Balaban J connectivity index is 1.44. The molecule has 1 aromatic carbocycles. The van der Waals surface area contributed by atoms with Gasteiger partial charge < -0.3 is 25.0 Å². The van der Waals surface area contributed by atoms with Gasteiger partial charge in [-0.25, -0.2) is 9.97 Å². The van der Waals surface area contributed by atoms with Crippen molar-refractivity contribution in [1.29, 1.82) is 0 Å². The Morgan fingerprint density at radius 1 is 1.11 bits per heavy atom. The Labute approximate surface area is 202 Å². The number of nitrogens with one attached hydrogen (secondary N) is 1. The molecule has 0 atom stereocenters. The van der Waals surface area contributed by atoms with E-state index in [1.165, 1.54) is 11.6 Å². The average Bonchev–Trinajstić information content (AvgIpc) is 3.51. The molecule has 10 nitrogen and oxygen atoms in total. The molecular weight excluding hydrogens is 444 g/mol. The lowest BCUT2D eigenvalue weighted by Crippen LogP contribution is -2.31. The van der Waals surface area contributed by atoms with Crippen LogP contribution in [0.15, 0.2) is 69.2 Å². The number of likely N-dealkylation sites (N-methyl/N-ethyl adjacent to an activating group) is 1. The van der Waals surface area contributed by atoms with Gasteiger partial charge in [-0.2, -0.15) is 0 Å². The number of benzene rings is 1. The molecule has 1 aliphatic heterocycles. The van der Waals surface area contributed by atoms with Gasteiger partial charge in [-0.15, -0.1) is 0 Å². The molecule has 0 saturated carbocycles. The standard InChI is InChI=1S/C25H26N8O2/c1-27-12-16-3-5-17(6-4-16)19-11-21(35-31-19)24-25(26)29-13-20(30-24)18-7-8-23(34)33(14-18)15-22-28-9-10-32(22)2/h3-8,11,13-14,27H,9-10,12,15H2,1-2H3,(H2,26,29). The molecule has 3 aromatic heterocycles. The summed E-state index contributed by atoms with van der Waals surface area (Å²) in [5, 5.41) is 7.32. The van der Waals surface area contributed by atoms with Crippen molar-refractivity contribution in [3.05, 3.63) is 70.8 Å². The molecule has 0 spiro atoms. The lowest BCUT2D eigenvalue weighted by molar-refractivity contribution is 0.434. The number of hydrogen-bond donors (Lipinski definition) is 2. The molecule has 4 aromatic rings. The second-order valence-corrected chi connectivity index (χ2v) is 8.40. The number of hydrogen-bond acceptors (Lipinski definition) is 9. The minimum absolute atomic E-state index is 0.110. The smallest absolute Gasteiger partial charge is 0.250 e. The van der Waals surface area contributed by atoms with Crippen LogP contribution in [0.4, 0.5) is 5.82 Å². The van der Waals surface area contributed by atoms with E-state index in [-0.39, 0.29) is 11.4 Å². The number of aliphatic imine (C=N–C) groups is 1. The third-order valence-electron chi connectivity index (χ3n) is 5.94. The Morgan fingerprint density at radius 3 is 2.66 bits per heavy atom. The van der Waals surface area contributed by atoms with Gasteiger partial charge in [0.1, 0.15) is 11.5 Å². The van der Waals surface area contributed by atoms with Gasteiger partial charge in [0.05, 0.1) is 25.0 Å². The first-order valence-electron chi connectivity index (χ1n) is 11.3. The molecule has 0 saturated heterocycles. The van der Waals surface area contributed by atoms with Crippen LogP contribution in [0.3, 0.4) is 0 Å². The van der Waals surface area contributed by atoms with E-state index in [9.17, 15) is 4.79 Å². The van der Waals surface area contributed by atoms with E-state index in [1.54, 1.807) is 29.1 Å². The van der Waals surface area contributed by atoms with Gasteiger partial charge in [-0.3, -0.25) is 9.79 Å². The zero-order chi connectivity index (χ0) is 24.4. The third-order valence-corrected chi connectivity index (χ3v) is 5.94. The van der Waals surface area contributed by atoms with E-state index in [4.69, 9.17) is 15.2 Å². The van der Waals surface area contributed by atoms with Crippen molar-refractivity contribution in [3.63, 3.8) is 0 Å². The molecule has 1 aliphatic rings. The van der Waals surface area contributed by atoms with Crippen molar-refractivity contribution in [3.8, 4) is 34.0 Å². The predicted molar refractivity (Wildman–Crippen MR) is 135 cm³/mol. The summed E-state index contributed by atoms with van der Waals surface area (Å²) in [6.07, 6.45) is 3.35. The second-order valence-electron chi connectivity index (χ2n) is 8.40. The summed E-state index contributed by atoms with van der Waals surface area (Å²) in [7, 11) is 3.88. The fourth-order valence-electron chi connectivity index (χ4n) is 3.95. The van der Waals surface area contributed by atoms with Gasteiger partial charge in [-0.1, -0.05) is 29.4 Å². The van der Waals surface area contributed by atoms with Crippen molar-refractivity contribution >= 4 is 11.7 Å². The molecule has 0 fully saturated rings. The number of anilines is 1. The van der Waals surface area contributed by atoms with E-state index >= 15 is 0 Å². The maximum absolute atomic E-state index is 12.4. The number of nitrogens with zero attached hydrogens (tertiary/aromatic N) is 6. The molecule has 0 unspecified atom stereocenters. The Bertz CT molecular complexity index is 1440. The van der Waals surface area contributed by atoms with E-state index < -0.39 is 0 Å². The fourth-order valence-corrected chi connectivity index (χ4v) is 3.95.